The van der Waals surface area contributed by atoms with Crippen LogP contribution >= 0.6 is 22.9 Å². The SMILES string of the molecule is C[C@@]12C[C@@H](NC(=O)N1c1cccc(C(=O)Nc3nccs3)c1)c1cc(Cl)ccc1O2. The average molecular weight is 441 g/mol. The Morgan fingerprint density at radius 1 is 1.37 bits per heavy atom. The van der Waals surface area contributed by atoms with Crippen LogP contribution in [0.4, 0.5) is 15.6 Å². The zero-order valence-electron chi connectivity index (χ0n) is 15.9. The molecule has 0 radical (unpaired) electrons. The number of nitrogens with one attached hydrogen (secondary N) is 2. The summed E-state index contributed by atoms with van der Waals surface area (Å²) in [6.07, 6.45) is 2.17. The highest BCUT2D eigenvalue weighted by Gasteiger charge is 2.49. The lowest BCUT2D eigenvalue weighted by Gasteiger charge is -2.50. The van der Waals surface area contributed by atoms with Gasteiger partial charge in [-0.3, -0.25) is 15.0 Å². The first-order valence-electron chi connectivity index (χ1n) is 9.33. The Bertz CT molecular complexity index is 1150. The van der Waals surface area contributed by atoms with Crippen LogP contribution in [0.1, 0.15) is 35.3 Å². The molecule has 3 aromatic rings. The normalized spacial score (nSPS) is 22.0. The maximum Gasteiger partial charge on any atom is 0.325 e. The summed E-state index contributed by atoms with van der Waals surface area (Å²) < 4.78 is 6.27. The smallest absolute Gasteiger partial charge is 0.325 e. The first-order valence-corrected chi connectivity index (χ1v) is 10.6. The van der Waals surface area contributed by atoms with E-state index >= 15 is 0 Å². The molecule has 1 fully saturated rings. The molecule has 5 rings (SSSR count). The number of halogens is 1. The van der Waals surface area contributed by atoms with Gasteiger partial charge in [-0.1, -0.05) is 17.7 Å². The van der Waals surface area contributed by atoms with Gasteiger partial charge in [0.05, 0.1) is 11.7 Å². The molecule has 0 aliphatic carbocycles. The number of ether oxygens (including phenoxy) is 1. The van der Waals surface area contributed by atoms with E-state index in [9.17, 15) is 9.59 Å². The molecule has 2 aromatic carbocycles. The van der Waals surface area contributed by atoms with E-state index in [0.717, 1.165) is 5.56 Å². The van der Waals surface area contributed by atoms with E-state index in [1.165, 1.54) is 11.3 Å². The fourth-order valence-electron chi connectivity index (χ4n) is 3.98. The van der Waals surface area contributed by atoms with Gasteiger partial charge in [-0.15, -0.1) is 11.3 Å². The predicted molar refractivity (Wildman–Crippen MR) is 115 cm³/mol. The number of anilines is 2. The fraction of sp³-hybridized carbons (Fsp3) is 0.190. The van der Waals surface area contributed by atoms with Crippen LogP contribution < -0.4 is 20.3 Å². The van der Waals surface area contributed by atoms with Gasteiger partial charge in [0.1, 0.15) is 5.75 Å². The highest BCUT2D eigenvalue weighted by atomic mass is 35.5. The molecule has 1 saturated heterocycles. The molecule has 0 saturated carbocycles. The van der Waals surface area contributed by atoms with Gasteiger partial charge in [-0.2, -0.15) is 0 Å². The van der Waals surface area contributed by atoms with Crippen LogP contribution in [0.5, 0.6) is 5.75 Å². The number of carbonyl (C=O) groups excluding carboxylic acids is 2. The van der Waals surface area contributed by atoms with E-state index in [2.05, 4.69) is 15.6 Å². The van der Waals surface area contributed by atoms with Gasteiger partial charge in [0.2, 0.25) is 0 Å². The number of urea groups is 1. The van der Waals surface area contributed by atoms with Gasteiger partial charge in [-0.05, 0) is 43.3 Å². The minimum atomic E-state index is -0.905. The van der Waals surface area contributed by atoms with Crippen LogP contribution in [0.2, 0.25) is 5.02 Å². The lowest BCUT2D eigenvalue weighted by Crippen LogP contribution is -2.65. The lowest BCUT2D eigenvalue weighted by molar-refractivity contribution is 0.0378. The molecule has 0 spiro atoms. The van der Waals surface area contributed by atoms with Gasteiger partial charge >= 0.3 is 6.03 Å². The van der Waals surface area contributed by atoms with Crippen molar-refractivity contribution in [3.8, 4) is 5.75 Å². The van der Waals surface area contributed by atoms with E-state index < -0.39 is 5.72 Å². The fourth-order valence-corrected chi connectivity index (χ4v) is 4.68. The van der Waals surface area contributed by atoms with Crippen LogP contribution in [0.3, 0.4) is 0 Å². The quantitative estimate of drug-likeness (QED) is 0.611. The Balaban J connectivity index is 1.48. The number of rotatable bonds is 3. The van der Waals surface area contributed by atoms with Gasteiger partial charge in [0, 0.05) is 34.1 Å². The van der Waals surface area contributed by atoms with E-state index in [0.29, 0.717) is 33.6 Å². The van der Waals surface area contributed by atoms with Crippen LogP contribution in [-0.4, -0.2) is 22.6 Å². The highest BCUT2D eigenvalue weighted by molar-refractivity contribution is 7.13. The zero-order chi connectivity index (χ0) is 20.9. The molecule has 0 unspecified atom stereocenters. The van der Waals surface area contributed by atoms with E-state index in [1.54, 1.807) is 46.8 Å². The van der Waals surface area contributed by atoms with Crippen molar-refractivity contribution in [1.29, 1.82) is 0 Å². The number of amides is 3. The minimum absolute atomic E-state index is 0.197. The number of carbonyl (C=O) groups is 2. The summed E-state index contributed by atoms with van der Waals surface area (Å²) in [5.41, 5.74) is 0.949. The van der Waals surface area contributed by atoms with Gasteiger partial charge < -0.3 is 10.1 Å². The Kier molecular flexibility index (Phi) is 4.41. The molecule has 2 atom stereocenters. The standard InChI is InChI=1S/C21H17ClN4O3S/c1-21-11-16(15-10-13(22)5-6-17(15)29-21)24-20(28)26(21)14-4-2-3-12(9-14)18(27)25-19-23-7-8-30-19/h2-10,16H,11H2,1H3,(H,24,28)(H,23,25,27)/t16-,21-/m1/s1. The Morgan fingerprint density at radius 3 is 3.03 bits per heavy atom. The summed E-state index contributed by atoms with van der Waals surface area (Å²) in [5.74, 6) is 0.387. The minimum Gasteiger partial charge on any atom is -0.467 e. The number of thiazole rings is 1. The Labute approximate surface area is 181 Å². The number of hydrogen-bond donors (Lipinski definition) is 2. The number of aromatic nitrogens is 1. The monoisotopic (exact) mass is 440 g/mol. The van der Waals surface area contributed by atoms with Gasteiger partial charge in [0.15, 0.2) is 10.9 Å². The maximum atomic E-state index is 13.0. The topological polar surface area (TPSA) is 83.6 Å². The van der Waals surface area contributed by atoms with Crippen molar-refractivity contribution in [3.63, 3.8) is 0 Å². The van der Waals surface area contributed by atoms with Gasteiger partial charge in [-0.25, -0.2) is 9.78 Å². The van der Waals surface area contributed by atoms with Crippen molar-refractivity contribution in [1.82, 2.24) is 10.3 Å². The molecule has 2 N–H and O–H groups in total. The van der Waals surface area contributed by atoms with Crippen molar-refractivity contribution in [2.75, 3.05) is 10.2 Å². The number of nitrogens with zero attached hydrogens (tertiary/aromatic N) is 2. The van der Waals surface area contributed by atoms with E-state index in [4.69, 9.17) is 16.3 Å². The maximum absolute atomic E-state index is 13.0. The summed E-state index contributed by atoms with van der Waals surface area (Å²) in [6, 6.07) is 11.8. The predicted octanol–water partition coefficient (Wildman–Crippen LogP) is 4.82. The molecule has 2 bridgehead atoms. The van der Waals surface area contributed by atoms with Crippen molar-refractivity contribution >= 4 is 45.7 Å². The largest absolute Gasteiger partial charge is 0.467 e. The second-order valence-corrected chi connectivity index (χ2v) is 8.67. The number of hydrogen-bond acceptors (Lipinski definition) is 5. The van der Waals surface area contributed by atoms with Crippen LogP contribution in [0, 0.1) is 0 Å². The molecule has 2 aliphatic heterocycles. The van der Waals surface area contributed by atoms with Crippen molar-refractivity contribution in [3.05, 3.63) is 70.2 Å². The molecule has 7 nitrogen and oxygen atoms in total. The molecule has 30 heavy (non-hydrogen) atoms. The molecule has 1 aromatic heterocycles. The molecule has 3 amide bonds. The molecular weight excluding hydrogens is 424 g/mol. The molecule has 9 heteroatoms. The van der Waals surface area contributed by atoms with Crippen molar-refractivity contribution in [2.24, 2.45) is 0 Å². The van der Waals surface area contributed by atoms with Crippen LogP contribution in [0.15, 0.2) is 54.0 Å². The third-order valence-electron chi connectivity index (χ3n) is 5.25. The first kappa shape index (κ1) is 18.9. The summed E-state index contributed by atoms with van der Waals surface area (Å²) in [6.45, 7) is 1.87. The van der Waals surface area contributed by atoms with E-state index in [1.807, 2.05) is 19.1 Å². The number of fused-ring (bicyclic) bond motifs is 4. The molecule has 152 valence electrons. The summed E-state index contributed by atoms with van der Waals surface area (Å²) in [7, 11) is 0. The molecule has 3 heterocycles. The zero-order valence-corrected chi connectivity index (χ0v) is 17.5. The Hall–Kier alpha value is -3.10. The van der Waals surface area contributed by atoms with Crippen molar-refractivity contribution < 1.29 is 14.3 Å². The third-order valence-corrected chi connectivity index (χ3v) is 6.18. The first-order chi connectivity index (χ1) is 14.4. The summed E-state index contributed by atoms with van der Waals surface area (Å²) >= 11 is 7.46. The molecule has 2 aliphatic rings. The van der Waals surface area contributed by atoms with Crippen LogP contribution in [-0.2, 0) is 0 Å². The molecular formula is C21H17ClN4O3S. The third kappa shape index (κ3) is 3.18. The summed E-state index contributed by atoms with van der Waals surface area (Å²) in [5, 5.41) is 8.68. The number of benzene rings is 2. The van der Waals surface area contributed by atoms with E-state index in [-0.39, 0.29) is 18.0 Å². The Morgan fingerprint density at radius 2 is 2.23 bits per heavy atom. The average Bonchev–Trinajstić information content (AvgIpc) is 3.21. The van der Waals surface area contributed by atoms with Gasteiger partial charge in [0.25, 0.3) is 5.91 Å². The van der Waals surface area contributed by atoms with Crippen LogP contribution in [0.25, 0.3) is 0 Å². The second kappa shape index (κ2) is 7.00. The summed E-state index contributed by atoms with van der Waals surface area (Å²) in [4.78, 5) is 31.3. The highest BCUT2D eigenvalue weighted by Crippen LogP contribution is 2.46. The second-order valence-electron chi connectivity index (χ2n) is 7.34. The lowest BCUT2D eigenvalue weighted by atomic mass is 9.90. The van der Waals surface area contributed by atoms with Crippen molar-refractivity contribution in [2.45, 2.75) is 25.1 Å².